The average Bonchev–Trinajstić information content (AvgIpc) is 2.44. The van der Waals surface area contributed by atoms with Crippen molar-refractivity contribution < 1.29 is 4.79 Å². The van der Waals surface area contributed by atoms with Crippen molar-refractivity contribution >= 4 is 27.5 Å². The van der Waals surface area contributed by atoms with Crippen molar-refractivity contribution in [2.75, 3.05) is 25.5 Å². The topological polar surface area (TPSA) is 44.4 Å². The fourth-order valence-corrected chi connectivity index (χ4v) is 2.58. The lowest BCUT2D eigenvalue weighted by atomic mass is 10.1. The van der Waals surface area contributed by atoms with Crippen LogP contribution in [0.15, 0.2) is 22.7 Å². The summed E-state index contributed by atoms with van der Waals surface area (Å²) in [6.45, 7) is 7.74. The number of hydrogen-bond acceptors (Lipinski definition) is 3. The zero-order valence-electron chi connectivity index (χ0n) is 13.5. The van der Waals surface area contributed by atoms with Crippen molar-refractivity contribution in [3.63, 3.8) is 0 Å². The molecule has 1 unspecified atom stereocenters. The number of nitrogens with one attached hydrogen (secondary N) is 2. The molecule has 0 bridgehead atoms. The van der Waals surface area contributed by atoms with Gasteiger partial charge in [0, 0.05) is 43.4 Å². The zero-order valence-corrected chi connectivity index (χ0v) is 15.1. The largest absolute Gasteiger partial charge is 0.374 e. The van der Waals surface area contributed by atoms with Crippen molar-refractivity contribution in [1.82, 2.24) is 10.6 Å². The van der Waals surface area contributed by atoms with Gasteiger partial charge in [0.15, 0.2) is 0 Å². The van der Waals surface area contributed by atoms with Gasteiger partial charge in [0.2, 0.25) is 5.91 Å². The molecule has 1 aromatic rings. The lowest BCUT2D eigenvalue weighted by Gasteiger charge is -2.23. The number of nitrogens with zero attached hydrogens (tertiary/aromatic N) is 1. The Morgan fingerprint density at radius 3 is 2.52 bits per heavy atom. The molecule has 0 aliphatic carbocycles. The number of amides is 1. The molecule has 5 heteroatoms. The van der Waals surface area contributed by atoms with Crippen molar-refractivity contribution in [2.45, 2.75) is 33.4 Å². The molecule has 21 heavy (non-hydrogen) atoms. The first kappa shape index (κ1) is 18.0. The fourth-order valence-electron chi connectivity index (χ4n) is 2.08. The van der Waals surface area contributed by atoms with Gasteiger partial charge in [0.05, 0.1) is 5.92 Å². The van der Waals surface area contributed by atoms with E-state index in [4.69, 9.17) is 0 Å². The van der Waals surface area contributed by atoms with Gasteiger partial charge in [-0.3, -0.25) is 4.79 Å². The summed E-state index contributed by atoms with van der Waals surface area (Å²) in [6, 6.07) is 6.79. The second kappa shape index (κ2) is 8.39. The van der Waals surface area contributed by atoms with Crippen LogP contribution >= 0.6 is 15.9 Å². The Labute approximate surface area is 136 Å². The standard InChI is InChI=1S/C16H26BrN3O/c1-11(2)19-9-13-6-7-14(8-15(13)17)20(5)10-12(3)16(21)18-4/h6-8,11-12,19H,9-10H2,1-5H3,(H,18,21). The lowest BCUT2D eigenvalue weighted by molar-refractivity contribution is -0.123. The predicted octanol–water partition coefficient (Wildman–Crippen LogP) is 2.77. The van der Waals surface area contributed by atoms with Crippen LogP contribution in [0.1, 0.15) is 26.3 Å². The van der Waals surface area contributed by atoms with E-state index in [9.17, 15) is 4.79 Å². The molecule has 0 aromatic heterocycles. The van der Waals surface area contributed by atoms with Gasteiger partial charge in [0.25, 0.3) is 0 Å². The van der Waals surface area contributed by atoms with E-state index < -0.39 is 0 Å². The van der Waals surface area contributed by atoms with E-state index in [0.717, 1.165) is 16.7 Å². The number of anilines is 1. The first-order valence-corrected chi connectivity index (χ1v) is 8.09. The van der Waals surface area contributed by atoms with Crippen LogP contribution in [-0.2, 0) is 11.3 Å². The van der Waals surface area contributed by atoms with Gasteiger partial charge in [-0.1, -0.05) is 42.8 Å². The molecule has 0 saturated carbocycles. The Morgan fingerprint density at radius 2 is 2.00 bits per heavy atom. The molecule has 1 amide bonds. The van der Waals surface area contributed by atoms with E-state index in [0.29, 0.717) is 12.6 Å². The molecular formula is C16H26BrN3O. The lowest BCUT2D eigenvalue weighted by Crippen LogP contribution is -2.34. The summed E-state index contributed by atoms with van der Waals surface area (Å²) in [4.78, 5) is 13.7. The quantitative estimate of drug-likeness (QED) is 0.790. The van der Waals surface area contributed by atoms with Crippen LogP contribution in [0.3, 0.4) is 0 Å². The summed E-state index contributed by atoms with van der Waals surface area (Å²) in [7, 11) is 3.68. The molecule has 2 N–H and O–H groups in total. The van der Waals surface area contributed by atoms with Gasteiger partial charge >= 0.3 is 0 Å². The summed E-state index contributed by atoms with van der Waals surface area (Å²) in [5.41, 5.74) is 2.34. The number of hydrogen-bond donors (Lipinski definition) is 2. The summed E-state index contributed by atoms with van der Waals surface area (Å²) >= 11 is 3.63. The Kier molecular flexibility index (Phi) is 7.18. The van der Waals surface area contributed by atoms with Crippen LogP contribution < -0.4 is 15.5 Å². The minimum atomic E-state index is -0.0407. The molecule has 0 radical (unpaired) electrons. The van der Waals surface area contributed by atoms with E-state index in [-0.39, 0.29) is 11.8 Å². The monoisotopic (exact) mass is 355 g/mol. The normalized spacial score (nSPS) is 12.3. The van der Waals surface area contributed by atoms with Gasteiger partial charge < -0.3 is 15.5 Å². The third-order valence-corrected chi connectivity index (χ3v) is 4.16. The molecule has 0 aliphatic heterocycles. The Hall–Kier alpha value is -1.07. The number of halogens is 1. The Bertz CT molecular complexity index is 477. The first-order chi connectivity index (χ1) is 9.85. The molecular weight excluding hydrogens is 330 g/mol. The van der Waals surface area contributed by atoms with Crippen LogP contribution in [0.25, 0.3) is 0 Å². The molecule has 1 aromatic carbocycles. The fraction of sp³-hybridized carbons (Fsp3) is 0.562. The van der Waals surface area contributed by atoms with Crippen LogP contribution in [0.2, 0.25) is 0 Å². The maximum atomic E-state index is 11.6. The Morgan fingerprint density at radius 1 is 1.33 bits per heavy atom. The molecule has 118 valence electrons. The molecule has 4 nitrogen and oxygen atoms in total. The Balaban J connectivity index is 2.71. The highest BCUT2D eigenvalue weighted by atomic mass is 79.9. The smallest absolute Gasteiger partial charge is 0.224 e. The number of benzene rings is 1. The number of rotatable bonds is 7. The van der Waals surface area contributed by atoms with Gasteiger partial charge in [-0.05, 0) is 17.7 Å². The van der Waals surface area contributed by atoms with Crippen LogP contribution in [0.4, 0.5) is 5.69 Å². The average molecular weight is 356 g/mol. The highest BCUT2D eigenvalue weighted by Crippen LogP contribution is 2.24. The maximum absolute atomic E-state index is 11.6. The van der Waals surface area contributed by atoms with Crippen molar-refractivity contribution in [1.29, 1.82) is 0 Å². The first-order valence-electron chi connectivity index (χ1n) is 7.29. The minimum Gasteiger partial charge on any atom is -0.374 e. The number of carbonyl (C=O) groups excluding carboxylic acids is 1. The maximum Gasteiger partial charge on any atom is 0.224 e. The van der Waals surface area contributed by atoms with Crippen LogP contribution in [0, 0.1) is 5.92 Å². The SMILES string of the molecule is CNC(=O)C(C)CN(C)c1ccc(CNC(C)C)c(Br)c1. The second-order valence-electron chi connectivity index (χ2n) is 5.71. The van der Waals surface area contributed by atoms with Gasteiger partial charge in [-0.25, -0.2) is 0 Å². The third-order valence-electron chi connectivity index (χ3n) is 3.42. The molecule has 1 rings (SSSR count). The predicted molar refractivity (Wildman–Crippen MR) is 92.6 cm³/mol. The molecule has 0 aliphatic rings. The van der Waals surface area contributed by atoms with E-state index in [1.165, 1.54) is 5.56 Å². The van der Waals surface area contributed by atoms with E-state index >= 15 is 0 Å². The minimum absolute atomic E-state index is 0.0407. The van der Waals surface area contributed by atoms with Gasteiger partial charge in [-0.15, -0.1) is 0 Å². The zero-order chi connectivity index (χ0) is 16.0. The molecule has 0 saturated heterocycles. The summed E-state index contributed by atoms with van der Waals surface area (Å²) in [5.74, 6) is 0.0275. The van der Waals surface area contributed by atoms with E-state index in [1.807, 2.05) is 14.0 Å². The third kappa shape index (κ3) is 5.67. The molecule has 1 atom stereocenters. The summed E-state index contributed by atoms with van der Waals surface area (Å²) < 4.78 is 1.09. The second-order valence-corrected chi connectivity index (χ2v) is 6.56. The van der Waals surface area contributed by atoms with E-state index in [1.54, 1.807) is 7.05 Å². The molecule has 0 heterocycles. The van der Waals surface area contributed by atoms with Crippen LogP contribution in [-0.4, -0.2) is 32.6 Å². The molecule has 0 fully saturated rings. The highest BCUT2D eigenvalue weighted by Gasteiger charge is 2.14. The van der Waals surface area contributed by atoms with Crippen molar-refractivity contribution in [3.05, 3.63) is 28.2 Å². The van der Waals surface area contributed by atoms with Gasteiger partial charge in [-0.2, -0.15) is 0 Å². The van der Waals surface area contributed by atoms with Gasteiger partial charge in [0.1, 0.15) is 0 Å². The van der Waals surface area contributed by atoms with E-state index in [2.05, 4.69) is 63.5 Å². The van der Waals surface area contributed by atoms with Crippen molar-refractivity contribution in [3.8, 4) is 0 Å². The van der Waals surface area contributed by atoms with Crippen LogP contribution in [0.5, 0.6) is 0 Å². The number of carbonyl (C=O) groups is 1. The summed E-state index contributed by atoms with van der Waals surface area (Å²) in [6.07, 6.45) is 0. The highest BCUT2D eigenvalue weighted by molar-refractivity contribution is 9.10. The molecule has 0 spiro atoms. The van der Waals surface area contributed by atoms with Crippen molar-refractivity contribution in [2.24, 2.45) is 5.92 Å². The summed E-state index contributed by atoms with van der Waals surface area (Å²) in [5, 5.41) is 6.10.